The van der Waals surface area contributed by atoms with Gasteiger partial charge >= 0.3 is 0 Å². The Balaban J connectivity index is 2.14. The van der Waals surface area contributed by atoms with Gasteiger partial charge in [0, 0.05) is 18.2 Å². The van der Waals surface area contributed by atoms with E-state index in [0.29, 0.717) is 12.1 Å². The Kier molecular flexibility index (Phi) is 3.69. The monoisotopic (exact) mass is 258 g/mol. The third kappa shape index (κ3) is 2.84. The summed E-state index contributed by atoms with van der Waals surface area (Å²) in [6, 6.07) is 7.58. The zero-order valence-corrected chi connectivity index (χ0v) is 11.7. The molecule has 0 aliphatic carbocycles. The van der Waals surface area contributed by atoms with E-state index in [1.807, 2.05) is 45.0 Å². The topological polar surface area (TPSA) is 46.3 Å². The van der Waals surface area contributed by atoms with Gasteiger partial charge in [-0.1, -0.05) is 22.9 Å². The Bertz CT molecular complexity index is 565. The van der Waals surface area contributed by atoms with Crippen molar-refractivity contribution in [2.45, 2.75) is 27.3 Å². The van der Waals surface area contributed by atoms with E-state index in [4.69, 9.17) is 4.52 Å². The summed E-state index contributed by atoms with van der Waals surface area (Å²) < 4.78 is 5.11. The molecule has 1 aromatic carbocycles. The molecule has 100 valence electrons. The quantitative estimate of drug-likeness (QED) is 0.850. The summed E-state index contributed by atoms with van der Waals surface area (Å²) in [6.07, 6.45) is 0. The van der Waals surface area contributed by atoms with E-state index >= 15 is 0 Å². The molecule has 19 heavy (non-hydrogen) atoms. The largest absolute Gasteiger partial charge is 0.361 e. The van der Waals surface area contributed by atoms with Gasteiger partial charge in [-0.15, -0.1) is 0 Å². The van der Waals surface area contributed by atoms with Crippen LogP contribution >= 0.6 is 0 Å². The molecule has 1 amide bonds. The molecular formula is C15H18N2O2. The van der Waals surface area contributed by atoms with Crippen LogP contribution in [0.1, 0.15) is 32.9 Å². The van der Waals surface area contributed by atoms with E-state index in [1.54, 1.807) is 11.9 Å². The molecule has 0 saturated carbocycles. The molecule has 1 aromatic heterocycles. The van der Waals surface area contributed by atoms with Crippen molar-refractivity contribution in [3.63, 3.8) is 0 Å². The molecule has 1 heterocycles. The Morgan fingerprint density at radius 1 is 1.21 bits per heavy atom. The van der Waals surface area contributed by atoms with Crippen LogP contribution in [-0.2, 0) is 6.54 Å². The van der Waals surface area contributed by atoms with Crippen molar-refractivity contribution in [1.29, 1.82) is 0 Å². The molecule has 0 aliphatic heterocycles. The molecule has 4 heteroatoms. The average Bonchev–Trinajstić information content (AvgIpc) is 2.70. The summed E-state index contributed by atoms with van der Waals surface area (Å²) in [5, 5.41) is 3.90. The highest BCUT2D eigenvalue weighted by Crippen LogP contribution is 2.16. The van der Waals surface area contributed by atoms with E-state index < -0.39 is 0 Å². The molecule has 2 aromatic rings. The molecule has 0 N–H and O–H groups in total. The molecule has 0 saturated heterocycles. The normalized spacial score (nSPS) is 10.5. The van der Waals surface area contributed by atoms with Crippen LogP contribution in [0.15, 0.2) is 28.8 Å². The molecule has 0 bridgehead atoms. The SMILES string of the molecule is Cc1ccc(C(=O)N(C)Cc2c(C)noc2C)cc1. The number of amides is 1. The first kappa shape index (κ1) is 13.3. The van der Waals surface area contributed by atoms with Crippen LogP contribution < -0.4 is 0 Å². The van der Waals surface area contributed by atoms with Crippen molar-refractivity contribution in [2.75, 3.05) is 7.05 Å². The van der Waals surface area contributed by atoms with Crippen molar-refractivity contribution in [2.24, 2.45) is 0 Å². The Labute approximate surface area is 113 Å². The average molecular weight is 258 g/mol. The molecule has 4 nitrogen and oxygen atoms in total. The van der Waals surface area contributed by atoms with Gasteiger partial charge in [0.1, 0.15) is 5.76 Å². The fourth-order valence-corrected chi connectivity index (χ4v) is 1.95. The summed E-state index contributed by atoms with van der Waals surface area (Å²) in [4.78, 5) is 14.0. The highest BCUT2D eigenvalue weighted by Gasteiger charge is 2.16. The predicted molar refractivity (Wildman–Crippen MR) is 73.0 cm³/mol. The Hall–Kier alpha value is -2.10. The van der Waals surface area contributed by atoms with Crippen molar-refractivity contribution < 1.29 is 9.32 Å². The van der Waals surface area contributed by atoms with Gasteiger partial charge in [0.2, 0.25) is 0 Å². The lowest BCUT2D eigenvalue weighted by Gasteiger charge is -2.17. The molecule has 0 unspecified atom stereocenters. The summed E-state index contributed by atoms with van der Waals surface area (Å²) in [5.41, 5.74) is 3.65. The third-order valence-corrected chi connectivity index (χ3v) is 3.22. The number of hydrogen-bond acceptors (Lipinski definition) is 3. The van der Waals surface area contributed by atoms with Crippen LogP contribution in [0.2, 0.25) is 0 Å². The lowest BCUT2D eigenvalue weighted by molar-refractivity contribution is 0.0784. The van der Waals surface area contributed by atoms with Gasteiger partial charge in [-0.05, 0) is 32.9 Å². The maximum absolute atomic E-state index is 12.3. The van der Waals surface area contributed by atoms with Gasteiger partial charge in [-0.2, -0.15) is 0 Å². The summed E-state index contributed by atoms with van der Waals surface area (Å²) in [6.45, 7) is 6.26. The van der Waals surface area contributed by atoms with Crippen LogP contribution in [0.3, 0.4) is 0 Å². The number of benzene rings is 1. The van der Waals surface area contributed by atoms with E-state index in [2.05, 4.69) is 5.16 Å². The Morgan fingerprint density at radius 2 is 1.84 bits per heavy atom. The van der Waals surface area contributed by atoms with Gasteiger partial charge in [-0.25, -0.2) is 0 Å². The second-order valence-electron chi connectivity index (χ2n) is 4.83. The van der Waals surface area contributed by atoms with Crippen LogP contribution in [0.25, 0.3) is 0 Å². The molecule has 2 rings (SSSR count). The van der Waals surface area contributed by atoms with Crippen molar-refractivity contribution >= 4 is 5.91 Å². The van der Waals surface area contributed by atoms with E-state index in [1.165, 1.54) is 0 Å². The number of carbonyl (C=O) groups excluding carboxylic acids is 1. The van der Waals surface area contributed by atoms with E-state index in [-0.39, 0.29) is 5.91 Å². The fraction of sp³-hybridized carbons (Fsp3) is 0.333. The second-order valence-corrected chi connectivity index (χ2v) is 4.83. The highest BCUT2D eigenvalue weighted by atomic mass is 16.5. The van der Waals surface area contributed by atoms with Gasteiger partial charge < -0.3 is 9.42 Å². The van der Waals surface area contributed by atoms with Gasteiger partial charge in [0.25, 0.3) is 5.91 Å². The molecule has 0 radical (unpaired) electrons. The first-order chi connectivity index (χ1) is 8.99. The van der Waals surface area contributed by atoms with Gasteiger partial charge in [-0.3, -0.25) is 4.79 Å². The highest BCUT2D eigenvalue weighted by molar-refractivity contribution is 5.94. The minimum Gasteiger partial charge on any atom is -0.361 e. The summed E-state index contributed by atoms with van der Waals surface area (Å²) >= 11 is 0. The molecule has 0 atom stereocenters. The smallest absolute Gasteiger partial charge is 0.253 e. The van der Waals surface area contributed by atoms with Crippen LogP contribution in [-0.4, -0.2) is 23.0 Å². The van der Waals surface area contributed by atoms with Crippen LogP contribution in [0, 0.1) is 20.8 Å². The maximum Gasteiger partial charge on any atom is 0.253 e. The number of rotatable bonds is 3. The minimum absolute atomic E-state index is 0.000000000000000666. The van der Waals surface area contributed by atoms with Crippen molar-refractivity contribution in [3.05, 3.63) is 52.4 Å². The lowest BCUT2D eigenvalue weighted by Crippen LogP contribution is -2.26. The predicted octanol–water partition coefficient (Wildman–Crippen LogP) is 2.87. The molecule has 0 spiro atoms. The standard InChI is InChI=1S/C15H18N2O2/c1-10-5-7-13(8-6-10)15(18)17(4)9-14-11(2)16-19-12(14)3/h5-8H,9H2,1-4H3. The number of aromatic nitrogens is 1. The van der Waals surface area contributed by atoms with Crippen LogP contribution in [0.5, 0.6) is 0 Å². The Morgan fingerprint density at radius 3 is 2.37 bits per heavy atom. The zero-order valence-electron chi connectivity index (χ0n) is 11.7. The third-order valence-electron chi connectivity index (χ3n) is 3.22. The fourth-order valence-electron chi connectivity index (χ4n) is 1.95. The molecule has 0 fully saturated rings. The van der Waals surface area contributed by atoms with Crippen molar-refractivity contribution in [1.82, 2.24) is 10.1 Å². The number of aryl methyl sites for hydroxylation is 3. The van der Waals surface area contributed by atoms with Gasteiger partial charge in [0.15, 0.2) is 0 Å². The van der Waals surface area contributed by atoms with E-state index in [0.717, 1.165) is 22.6 Å². The van der Waals surface area contributed by atoms with Gasteiger partial charge in [0.05, 0.1) is 12.2 Å². The first-order valence-corrected chi connectivity index (χ1v) is 6.23. The van der Waals surface area contributed by atoms with Crippen LogP contribution in [0.4, 0.5) is 0 Å². The lowest BCUT2D eigenvalue weighted by atomic mass is 10.1. The van der Waals surface area contributed by atoms with E-state index in [9.17, 15) is 4.79 Å². The molecular weight excluding hydrogens is 240 g/mol. The van der Waals surface area contributed by atoms with Crippen molar-refractivity contribution in [3.8, 4) is 0 Å². The summed E-state index contributed by atoms with van der Waals surface area (Å²) in [7, 11) is 1.79. The summed E-state index contributed by atoms with van der Waals surface area (Å²) in [5.74, 6) is 0.765. The molecule has 0 aliphatic rings. The number of hydrogen-bond donors (Lipinski definition) is 0. The minimum atomic E-state index is 0.000000000000000666. The second kappa shape index (κ2) is 5.26. The first-order valence-electron chi connectivity index (χ1n) is 6.23. The maximum atomic E-state index is 12.3. The number of nitrogens with zero attached hydrogens (tertiary/aromatic N) is 2. The number of carbonyl (C=O) groups is 1. The zero-order chi connectivity index (χ0) is 14.0.